The summed E-state index contributed by atoms with van der Waals surface area (Å²) in [5.74, 6) is 1.17. The second kappa shape index (κ2) is 11.4. The van der Waals surface area contributed by atoms with E-state index in [9.17, 15) is 4.79 Å². The SMILES string of the molecule is C=CN1CCN(c2ncc(-c3ccc(C=O)c(C([C@@H](C)CC)N(C)C)c3)cn2)CC1CNC. The first-order valence-corrected chi connectivity index (χ1v) is 11.8. The van der Waals surface area contributed by atoms with Gasteiger partial charge in [-0.3, -0.25) is 4.79 Å². The molecule has 1 fully saturated rings. The number of aldehydes is 1. The lowest BCUT2D eigenvalue weighted by atomic mass is 9.87. The van der Waals surface area contributed by atoms with Gasteiger partial charge >= 0.3 is 0 Å². The number of benzene rings is 1. The number of likely N-dealkylation sites (N-methyl/N-ethyl adjacent to an activating group) is 1. The van der Waals surface area contributed by atoms with Crippen LogP contribution < -0.4 is 10.2 Å². The van der Waals surface area contributed by atoms with Crippen molar-refractivity contribution in [3.05, 3.63) is 54.5 Å². The fourth-order valence-corrected chi connectivity index (χ4v) is 4.78. The zero-order chi connectivity index (χ0) is 24.0. The van der Waals surface area contributed by atoms with E-state index in [-0.39, 0.29) is 6.04 Å². The number of nitrogens with zero attached hydrogens (tertiary/aromatic N) is 5. The maximum atomic E-state index is 11.8. The van der Waals surface area contributed by atoms with Crippen molar-refractivity contribution in [2.45, 2.75) is 32.4 Å². The molecule has 0 amide bonds. The number of carbonyl (C=O) groups is 1. The molecule has 1 saturated heterocycles. The van der Waals surface area contributed by atoms with Gasteiger partial charge in [0.25, 0.3) is 0 Å². The molecule has 1 aromatic heterocycles. The molecule has 7 nitrogen and oxygen atoms in total. The van der Waals surface area contributed by atoms with Crippen molar-refractivity contribution in [2.24, 2.45) is 5.92 Å². The molecule has 3 rings (SSSR count). The van der Waals surface area contributed by atoms with Gasteiger partial charge in [0.1, 0.15) is 6.29 Å². The average molecular weight is 451 g/mol. The molecule has 1 aromatic carbocycles. The van der Waals surface area contributed by atoms with E-state index < -0.39 is 0 Å². The van der Waals surface area contributed by atoms with Gasteiger partial charge in [0, 0.05) is 55.7 Å². The minimum atomic E-state index is 0.167. The zero-order valence-electron chi connectivity index (χ0n) is 20.7. The number of hydrogen-bond acceptors (Lipinski definition) is 7. The summed E-state index contributed by atoms with van der Waals surface area (Å²) in [5, 5.41) is 3.26. The van der Waals surface area contributed by atoms with Crippen LogP contribution in [0.1, 0.15) is 42.2 Å². The number of nitrogens with one attached hydrogen (secondary N) is 1. The summed E-state index contributed by atoms with van der Waals surface area (Å²) in [6.07, 6.45) is 7.70. The van der Waals surface area contributed by atoms with Gasteiger partial charge in [0.15, 0.2) is 0 Å². The molecule has 33 heavy (non-hydrogen) atoms. The molecule has 0 spiro atoms. The molecule has 7 heteroatoms. The third-order valence-electron chi connectivity index (χ3n) is 6.73. The topological polar surface area (TPSA) is 64.6 Å². The molecule has 1 aliphatic heterocycles. The number of aromatic nitrogens is 2. The van der Waals surface area contributed by atoms with Crippen molar-refractivity contribution in [1.29, 1.82) is 0 Å². The Morgan fingerprint density at radius 1 is 1.24 bits per heavy atom. The van der Waals surface area contributed by atoms with Crippen LogP contribution >= 0.6 is 0 Å². The maximum absolute atomic E-state index is 11.8. The highest BCUT2D eigenvalue weighted by Crippen LogP contribution is 2.33. The Balaban J connectivity index is 1.86. The Kier molecular flexibility index (Phi) is 8.58. The second-order valence-corrected chi connectivity index (χ2v) is 9.11. The van der Waals surface area contributed by atoms with Crippen molar-refractivity contribution >= 4 is 12.2 Å². The van der Waals surface area contributed by atoms with Crippen molar-refractivity contribution < 1.29 is 4.79 Å². The summed E-state index contributed by atoms with van der Waals surface area (Å²) in [4.78, 5) is 27.9. The molecule has 1 aliphatic rings. The highest BCUT2D eigenvalue weighted by molar-refractivity contribution is 5.80. The number of piperazine rings is 1. The standard InChI is InChI=1S/C26H38N6O/c1-7-19(3)25(30(5)6)24-13-20(9-10-21(24)18-33)22-14-28-26(29-15-22)32-12-11-31(8-2)23(17-32)16-27-4/h8-10,13-15,18-19,23,25,27H,2,7,11-12,16-17H2,1,3-6H3/t19-,23?,25?/m0/s1. The van der Waals surface area contributed by atoms with E-state index in [0.29, 0.717) is 12.0 Å². The van der Waals surface area contributed by atoms with Crippen LogP contribution in [0, 0.1) is 5.92 Å². The quantitative estimate of drug-likeness (QED) is 0.556. The first kappa shape index (κ1) is 24.9. The number of carbonyl (C=O) groups excluding carboxylic acids is 1. The van der Waals surface area contributed by atoms with Gasteiger partial charge in [-0.2, -0.15) is 0 Å². The summed E-state index contributed by atoms with van der Waals surface area (Å²) in [6, 6.07) is 6.54. The zero-order valence-corrected chi connectivity index (χ0v) is 20.7. The van der Waals surface area contributed by atoms with E-state index >= 15 is 0 Å². The maximum Gasteiger partial charge on any atom is 0.225 e. The summed E-state index contributed by atoms with van der Waals surface area (Å²) < 4.78 is 0. The lowest BCUT2D eigenvalue weighted by molar-refractivity contribution is 0.111. The molecule has 0 bridgehead atoms. The minimum Gasteiger partial charge on any atom is -0.370 e. The predicted molar refractivity (Wildman–Crippen MR) is 136 cm³/mol. The van der Waals surface area contributed by atoms with Crippen LogP contribution in [0.4, 0.5) is 5.95 Å². The number of hydrogen-bond donors (Lipinski definition) is 1. The van der Waals surface area contributed by atoms with Crippen LogP contribution in [0.5, 0.6) is 0 Å². The van der Waals surface area contributed by atoms with E-state index in [1.165, 1.54) is 0 Å². The molecule has 0 radical (unpaired) electrons. The summed E-state index contributed by atoms with van der Waals surface area (Å²) in [7, 11) is 6.12. The fourth-order valence-electron chi connectivity index (χ4n) is 4.78. The minimum absolute atomic E-state index is 0.167. The Morgan fingerprint density at radius 3 is 2.55 bits per heavy atom. The Labute approximate surface area is 198 Å². The lowest BCUT2D eigenvalue weighted by Crippen LogP contribution is -2.54. The average Bonchev–Trinajstić information content (AvgIpc) is 2.84. The molecule has 0 aliphatic carbocycles. The fraction of sp³-hybridized carbons (Fsp3) is 0.500. The third-order valence-corrected chi connectivity index (χ3v) is 6.73. The third kappa shape index (κ3) is 5.60. The second-order valence-electron chi connectivity index (χ2n) is 9.11. The van der Waals surface area contributed by atoms with Crippen LogP contribution in [-0.4, -0.2) is 79.4 Å². The van der Waals surface area contributed by atoms with E-state index in [0.717, 1.165) is 67.1 Å². The Morgan fingerprint density at radius 2 is 1.97 bits per heavy atom. The predicted octanol–water partition coefficient (Wildman–Crippen LogP) is 3.46. The summed E-state index contributed by atoms with van der Waals surface area (Å²) in [5.41, 5.74) is 3.78. The first-order chi connectivity index (χ1) is 15.9. The van der Waals surface area contributed by atoms with Crippen LogP contribution in [0.25, 0.3) is 11.1 Å². The molecule has 178 valence electrons. The highest BCUT2D eigenvalue weighted by Gasteiger charge is 2.26. The van der Waals surface area contributed by atoms with Gasteiger partial charge < -0.3 is 20.0 Å². The summed E-state index contributed by atoms with van der Waals surface area (Å²) in [6.45, 7) is 11.9. The molecule has 2 unspecified atom stereocenters. The van der Waals surface area contributed by atoms with Gasteiger partial charge in [-0.05, 0) is 50.5 Å². The van der Waals surface area contributed by atoms with Crippen molar-refractivity contribution in [1.82, 2.24) is 25.1 Å². The molecule has 1 N–H and O–H groups in total. The van der Waals surface area contributed by atoms with Crippen molar-refractivity contribution in [3.8, 4) is 11.1 Å². The molecular formula is C26H38N6O. The molecule has 3 atom stereocenters. The van der Waals surface area contributed by atoms with Gasteiger partial charge in [0.05, 0.1) is 6.04 Å². The smallest absolute Gasteiger partial charge is 0.225 e. The van der Waals surface area contributed by atoms with Gasteiger partial charge in [-0.1, -0.05) is 39.0 Å². The Hall–Kier alpha value is -2.77. The van der Waals surface area contributed by atoms with E-state index in [4.69, 9.17) is 9.97 Å². The molecular weight excluding hydrogens is 412 g/mol. The summed E-state index contributed by atoms with van der Waals surface area (Å²) >= 11 is 0. The van der Waals surface area contributed by atoms with Crippen LogP contribution in [0.3, 0.4) is 0 Å². The van der Waals surface area contributed by atoms with E-state index in [1.807, 2.05) is 37.8 Å². The highest BCUT2D eigenvalue weighted by atomic mass is 16.1. The van der Waals surface area contributed by atoms with Gasteiger partial charge in [0.2, 0.25) is 5.95 Å². The first-order valence-electron chi connectivity index (χ1n) is 11.8. The number of anilines is 1. The molecule has 0 saturated carbocycles. The largest absolute Gasteiger partial charge is 0.370 e. The van der Waals surface area contributed by atoms with Crippen LogP contribution in [-0.2, 0) is 0 Å². The number of rotatable bonds is 10. The van der Waals surface area contributed by atoms with Crippen molar-refractivity contribution in [2.75, 3.05) is 52.2 Å². The van der Waals surface area contributed by atoms with Gasteiger partial charge in [-0.25, -0.2) is 9.97 Å². The Bertz CT molecular complexity index is 929. The lowest BCUT2D eigenvalue weighted by Gasteiger charge is -2.40. The van der Waals surface area contributed by atoms with E-state index in [1.54, 1.807) is 0 Å². The van der Waals surface area contributed by atoms with Crippen molar-refractivity contribution in [3.63, 3.8) is 0 Å². The van der Waals surface area contributed by atoms with Gasteiger partial charge in [-0.15, -0.1) is 0 Å². The molecule has 2 aromatic rings. The van der Waals surface area contributed by atoms with Crippen LogP contribution in [0.15, 0.2) is 43.4 Å². The van der Waals surface area contributed by atoms with E-state index in [2.05, 4.69) is 60.6 Å². The normalized spacial score (nSPS) is 18.3. The van der Waals surface area contributed by atoms with Crippen LogP contribution in [0.2, 0.25) is 0 Å². The monoisotopic (exact) mass is 450 g/mol. The molecule has 2 heterocycles.